The zero-order chi connectivity index (χ0) is 14.0. The number of hydrogen-bond acceptors (Lipinski definition) is 2. The van der Waals surface area contributed by atoms with Crippen LogP contribution in [-0.2, 0) is 4.79 Å². The molecule has 0 saturated carbocycles. The molecule has 4 unspecified atom stereocenters. The first-order valence-corrected chi connectivity index (χ1v) is 7.26. The molecule has 0 aromatic rings. The number of rotatable bonds is 3. The fourth-order valence-corrected chi connectivity index (χ4v) is 3.29. The minimum Gasteiger partial charge on any atom is -0.393 e. The number of carbonyl (C=O) groups is 1. The highest BCUT2D eigenvalue weighted by atomic mass is 32.1. The third-order valence-corrected chi connectivity index (χ3v) is 4.37. The number of amides is 1. The zero-order valence-electron chi connectivity index (χ0n) is 12.1. The van der Waals surface area contributed by atoms with E-state index in [2.05, 4.69) is 20.8 Å². The lowest BCUT2D eigenvalue weighted by atomic mass is 9.84. The fourth-order valence-electron chi connectivity index (χ4n) is 2.92. The molecule has 1 amide bonds. The van der Waals surface area contributed by atoms with Crippen molar-refractivity contribution >= 4 is 23.1 Å². The maximum Gasteiger partial charge on any atom is 0.233 e. The van der Waals surface area contributed by atoms with Gasteiger partial charge < -0.3 is 10.6 Å². The van der Waals surface area contributed by atoms with Crippen LogP contribution in [0.3, 0.4) is 0 Å². The molecule has 1 rings (SSSR count). The Morgan fingerprint density at radius 1 is 1.33 bits per heavy atom. The van der Waals surface area contributed by atoms with Gasteiger partial charge >= 0.3 is 0 Å². The molecule has 4 atom stereocenters. The second-order valence-corrected chi connectivity index (χ2v) is 6.64. The molecule has 1 aliphatic heterocycles. The van der Waals surface area contributed by atoms with E-state index in [1.165, 1.54) is 6.42 Å². The predicted molar refractivity (Wildman–Crippen MR) is 79.2 cm³/mol. The van der Waals surface area contributed by atoms with Gasteiger partial charge in [0.15, 0.2) is 0 Å². The molecule has 1 saturated heterocycles. The molecular weight excluding hydrogens is 244 g/mol. The molecule has 0 bridgehead atoms. The summed E-state index contributed by atoms with van der Waals surface area (Å²) in [5.41, 5.74) is 5.74. The first-order chi connectivity index (χ1) is 8.25. The van der Waals surface area contributed by atoms with E-state index in [1.54, 1.807) is 0 Å². The predicted octanol–water partition coefficient (Wildman–Crippen LogP) is 2.44. The summed E-state index contributed by atoms with van der Waals surface area (Å²) in [6.07, 6.45) is 1.18. The van der Waals surface area contributed by atoms with Crippen LogP contribution in [0.5, 0.6) is 0 Å². The normalized spacial score (nSPS) is 30.3. The molecule has 0 radical (unpaired) electrons. The number of thiocarbonyl (C=S) groups is 1. The van der Waals surface area contributed by atoms with Crippen LogP contribution in [0.15, 0.2) is 0 Å². The molecular formula is C14H26N2OS. The number of nitrogens with two attached hydrogens (primary N) is 1. The van der Waals surface area contributed by atoms with Crippen molar-refractivity contribution in [1.82, 2.24) is 4.90 Å². The molecule has 104 valence electrons. The molecule has 2 N–H and O–H groups in total. The summed E-state index contributed by atoms with van der Waals surface area (Å²) in [5.74, 6) is 1.05. The van der Waals surface area contributed by atoms with Gasteiger partial charge in [0.05, 0.1) is 10.9 Å². The number of likely N-dealkylation sites (tertiary alicyclic amines) is 1. The Morgan fingerprint density at radius 2 is 1.89 bits per heavy atom. The summed E-state index contributed by atoms with van der Waals surface area (Å²) in [7, 11) is 0. The minimum absolute atomic E-state index is 0.114. The van der Waals surface area contributed by atoms with Crippen LogP contribution in [-0.4, -0.2) is 28.4 Å². The van der Waals surface area contributed by atoms with E-state index in [9.17, 15) is 4.79 Å². The van der Waals surface area contributed by atoms with Crippen molar-refractivity contribution < 1.29 is 4.79 Å². The summed E-state index contributed by atoms with van der Waals surface area (Å²) in [5, 5.41) is 0. The van der Waals surface area contributed by atoms with Crippen molar-refractivity contribution in [3.63, 3.8) is 0 Å². The molecule has 1 heterocycles. The van der Waals surface area contributed by atoms with Gasteiger partial charge in [-0.15, -0.1) is 0 Å². The van der Waals surface area contributed by atoms with Crippen LogP contribution in [0.2, 0.25) is 0 Å². The van der Waals surface area contributed by atoms with Gasteiger partial charge in [0.2, 0.25) is 5.91 Å². The van der Waals surface area contributed by atoms with Crippen LogP contribution in [0.1, 0.15) is 41.0 Å². The lowest BCUT2D eigenvalue weighted by Gasteiger charge is -2.43. The van der Waals surface area contributed by atoms with Gasteiger partial charge in [-0.3, -0.25) is 4.79 Å². The Bertz CT molecular complexity index is 330. The van der Waals surface area contributed by atoms with Crippen LogP contribution < -0.4 is 5.73 Å². The average molecular weight is 270 g/mol. The Balaban J connectivity index is 2.90. The lowest BCUT2D eigenvalue weighted by molar-refractivity contribution is -0.140. The Kier molecular flexibility index (Phi) is 5.14. The summed E-state index contributed by atoms with van der Waals surface area (Å²) < 4.78 is 0. The monoisotopic (exact) mass is 270 g/mol. The Morgan fingerprint density at radius 3 is 2.33 bits per heavy atom. The third-order valence-electron chi connectivity index (χ3n) is 4.12. The highest BCUT2D eigenvalue weighted by Gasteiger charge is 2.37. The fraction of sp³-hybridized carbons (Fsp3) is 0.857. The topological polar surface area (TPSA) is 46.3 Å². The lowest BCUT2D eigenvalue weighted by Crippen LogP contribution is -2.53. The zero-order valence-corrected chi connectivity index (χ0v) is 13.0. The van der Waals surface area contributed by atoms with Gasteiger partial charge in [-0.25, -0.2) is 0 Å². The van der Waals surface area contributed by atoms with Gasteiger partial charge in [0, 0.05) is 12.6 Å². The van der Waals surface area contributed by atoms with E-state index in [0.717, 1.165) is 6.54 Å². The van der Waals surface area contributed by atoms with Gasteiger partial charge in [-0.2, -0.15) is 0 Å². The second kappa shape index (κ2) is 6.00. The van der Waals surface area contributed by atoms with Crippen molar-refractivity contribution in [2.75, 3.05) is 6.54 Å². The molecule has 1 fully saturated rings. The van der Waals surface area contributed by atoms with Crippen LogP contribution in [0.4, 0.5) is 0 Å². The van der Waals surface area contributed by atoms with E-state index in [0.29, 0.717) is 16.8 Å². The number of hydrogen-bond donors (Lipinski definition) is 1. The van der Waals surface area contributed by atoms with Crippen molar-refractivity contribution in [1.29, 1.82) is 0 Å². The van der Waals surface area contributed by atoms with E-state index in [4.69, 9.17) is 18.0 Å². The smallest absolute Gasteiger partial charge is 0.233 e. The first-order valence-electron chi connectivity index (χ1n) is 6.85. The molecule has 0 aromatic heterocycles. The maximum atomic E-state index is 12.6. The molecule has 18 heavy (non-hydrogen) atoms. The third kappa shape index (κ3) is 3.22. The summed E-state index contributed by atoms with van der Waals surface area (Å²) in [6, 6.07) is 0.282. The van der Waals surface area contributed by atoms with Crippen LogP contribution in [0, 0.1) is 23.7 Å². The largest absolute Gasteiger partial charge is 0.393 e. The summed E-state index contributed by atoms with van der Waals surface area (Å²) >= 11 is 5.07. The van der Waals surface area contributed by atoms with Crippen LogP contribution in [0.25, 0.3) is 0 Å². The van der Waals surface area contributed by atoms with E-state index in [-0.39, 0.29) is 23.8 Å². The van der Waals surface area contributed by atoms with E-state index >= 15 is 0 Å². The Hall–Kier alpha value is -0.640. The minimum atomic E-state index is -0.319. The summed E-state index contributed by atoms with van der Waals surface area (Å²) in [6.45, 7) is 11.4. The van der Waals surface area contributed by atoms with Crippen LogP contribution >= 0.6 is 12.2 Å². The molecule has 3 nitrogen and oxygen atoms in total. The number of nitrogens with zero attached hydrogens (tertiary/aromatic N) is 1. The van der Waals surface area contributed by atoms with Crippen molar-refractivity contribution in [2.24, 2.45) is 29.4 Å². The summed E-state index contributed by atoms with van der Waals surface area (Å²) in [4.78, 5) is 15.0. The highest BCUT2D eigenvalue weighted by molar-refractivity contribution is 7.80. The molecule has 0 aliphatic carbocycles. The van der Waals surface area contributed by atoms with E-state index < -0.39 is 0 Å². The van der Waals surface area contributed by atoms with Gasteiger partial charge in [0.1, 0.15) is 0 Å². The second-order valence-electron chi connectivity index (χ2n) is 6.17. The molecule has 4 heteroatoms. The standard InChI is InChI=1S/C14H26N2OS/c1-8(2)12(13(15)18)14(17)16-7-9(3)6-10(4)11(16)5/h8-12H,6-7H2,1-5H3,(H2,15,18). The van der Waals surface area contributed by atoms with Crippen molar-refractivity contribution in [2.45, 2.75) is 47.1 Å². The molecule has 0 spiro atoms. The van der Waals surface area contributed by atoms with Gasteiger partial charge in [-0.05, 0) is 31.1 Å². The van der Waals surface area contributed by atoms with Crippen molar-refractivity contribution in [3.8, 4) is 0 Å². The number of carbonyl (C=O) groups excluding carboxylic acids is 1. The highest BCUT2D eigenvalue weighted by Crippen LogP contribution is 2.29. The Labute approximate surface area is 116 Å². The van der Waals surface area contributed by atoms with Crippen molar-refractivity contribution in [3.05, 3.63) is 0 Å². The SMILES string of the molecule is CC1CC(C)C(C)N(C(=O)C(C(N)=S)C(C)C)C1. The van der Waals surface area contributed by atoms with Gasteiger partial charge in [-0.1, -0.05) is 39.9 Å². The van der Waals surface area contributed by atoms with E-state index in [1.807, 2.05) is 18.7 Å². The van der Waals surface area contributed by atoms with Gasteiger partial charge in [0.25, 0.3) is 0 Å². The number of piperidine rings is 1. The maximum absolute atomic E-state index is 12.6. The quantitative estimate of drug-likeness (QED) is 0.801. The molecule has 0 aromatic carbocycles. The molecule has 1 aliphatic rings. The first kappa shape index (κ1) is 15.4. The average Bonchev–Trinajstić information content (AvgIpc) is 2.22.